The van der Waals surface area contributed by atoms with Crippen LogP contribution in [0.3, 0.4) is 0 Å². The number of nitrogens with zero attached hydrogens (tertiary/aromatic N) is 1. The van der Waals surface area contributed by atoms with Crippen LogP contribution in [0.5, 0.6) is 0 Å². The molecule has 1 aliphatic heterocycles. The maximum Gasteiger partial charge on any atom is 0.233 e. The fourth-order valence-corrected chi connectivity index (χ4v) is 3.38. The van der Waals surface area contributed by atoms with E-state index in [1.165, 1.54) is 12.1 Å². The number of hydrogen-bond acceptors (Lipinski definition) is 3. The Morgan fingerprint density at radius 1 is 1.21 bits per heavy atom. The first kappa shape index (κ1) is 16.9. The molecule has 1 aromatic rings. The normalized spacial score (nSPS) is 20.4. The highest BCUT2D eigenvalue weighted by Crippen LogP contribution is 2.48. The molecule has 2 amide bonds. The lowest BCUT2D eigenvalue weighted by Gasteiger charge is -2.32. The summed E-state index contributed by atoms with van der Waals surface area (Å²) >= 11 is 0. The van der Waals surface area contributed by atoms with E-state index in [4.69, 9.17) is 0 Å². The summed E-state index contributed by atoms with van der Waals surface area (Å²) < 4.78 is 13.1. The predicted molar refractivity (Wildman–Crippen MR) is 89.0 cm³/mol. The lowest BCUT2D eigenvalue weighted by atomic mass is 9.93. The maximum atomic E-state index is 13.1. The predicted octanol–water partition coefficient (Wildman–Crippen LogP) is 1.18. The van der Waals surface area contributed by atoms with Crippen molar-refractivity contribution in [2.24, 2.45) is 0 Å². The van der Waals surface area contributed by atoms with Crippen LogP contribution >= 0.6 is 0 Å². The van der Waals surface area contributed by atoms with Gasteiger partial charge in [-0.2, -0.15) is 0 Å². The van der Waals surface area contributed by atoms with Crippen molar-refractivity contribution in [3.8, 4) is 0 Å². The van der Waals surface area contributed by atoms with Crippen LogP contribution in [0.15, 0.2) is 24.3 Å². The zero-order valence-electron chi connectivity index (χ0n) is 14.0. The van der Waals surface area contributed by atoms with Crippen molar-refractivity contribution in [2.75, 3.05) is 26.7 Å². The van der Waals surface area contributed by atoms with Crippen LogP contribution in [0.25, 0.3) is 0 Å². The lowest BCUT2D eigenvalue weighted by Crippen LogP contribution is -2.49. The molecule has 2 fully saturated rings. The van der Waals surface area contributed by atoms with Crippen LogP contribution in [0, 0.1) is 5.82 Å². The third-order valence-electron chi connectivity index (χ3n) is 5.15. The van der Waals surface area contributed by atoms with Gasteiger partial charge in [0.15, 0.2) is 0 Å². The van der Waals surface area contributed by atoms with Gasteiger partial charge in [-0.3, -0.25) is 14.5 Å². The molecule has 0 spiro atoms. The van der Waals surface area contributed by atoms with E-state index in [9.17, 15) is 14.0 Å². The van der Waals surface area contributed by atoms with Crippen LogP contribution < -0.4 is 10.6 Å². The molecule has 0 bridgehead atoms. The first-order chi connectivity index (χ1) is 11.5. The summed E-state index contributed by atoms with van der Waals surface area (Å²) in [4.78, 5) is 26.2. The molecule has 3 rings (SSSR count). The van der Waals surface area contributed by atoms with Crippen LogP contribution in [0.4, 0.5) is 4.39 Å². The molecule has 0 aromatic heterocycles. The number of halogens is 1. The van der Waals surface area contributed by atoms with Crippen molar-refractivity contribution in [3.05, 3.63) is 35.6 Å². The minimum Gasteiger partial charge on any atom is -0.358 e. The van der Waals surface area contributed by atoms with Crippen LogP contribution in [0.2, 0.25) is 0 Å². The molecule has 0 radical (unpaired) electrons. The van der Waals surface area contributed by atoms with Gasteiger partial charge in [0.2, 0.25) is 11.8 Å². The second-order valence-electron chi connectivity index (χ2n) is 6.79. The van der Waals surface area contributed by atoms with E-state index in [-0.39, 0.29) is 23.7 Å². The monoisotopic (exact) mass is 333 g/mol. The quantitative estimate of drug-likeness (QED) is 0.851. The second-order valence-corrected chi connectivity index (χ2v) is 6.79. The SMILES string of the molecule is CNC(=O)CN1CCC(NC(=O)C2(c3ccc(F)cc3)CC2)CC1. The Morgan fingerprint density at radius 3 is 2.38 bits per heavy atom. The number of piperidine rings is 1. The molecular weight excluding hydrogens is 309 g/mol. The molecule has 1 heterocycles. The lowest BCUT2D eigenvalue weighted by molar-refractivity contribution is -0.125. The van der Waals surface area contributed by atoms with Gasteiger partial charge in [0.05, 0.1) is 12.0 Å². The number of amides is 2. The fourth-order valence-electron chi connectivity index (χ4n) is 3.38. The molecule has 2 aliphatic rings. The van der Waals surface area contributed by atoms with Crippen molar-refractivity contribution in [3.63, 3.8) is 0 Å². The smallest absolute Gasteiger partial charge is 0.233 e. The number of carbonyl (C=O) groups excluding carboxylic acids is 2. The summed E-state index contributed by atoms with van der Waals surface area (Å²) in [5.41, 5.74) is 0.436. The fraction of sp³-hybridized carbons (Fsp3) is 0.556. The summed E-state index contributed by atoms with van der Waals surface area (Å²) in [5, 5.41) is 5.79. The summed E-state index contributed by atoms with van der Waals surface area (Å²) in [7, 11) is 1.64. The van der Waals surface area contributed by atoms with Gasteiger partial charge in [-0.05, 0) is 43.4 Å². The maximum absolute atomic E-state index is 13.1. The van der Waals surface area contributed by atoms with Gasteiger partial charge in [-0.1, -0.05) is 12.1 Å². The number of rotatable bonds is 5. The summed E-state index contributed by atoms with van der Waals surface area (Å²) in [6, 6.07) is 6.41. The van der Waals surface area contributed by atoms with Gasteiger partial charge < -0.3 is 10.6 Å². The van der Waals surface area contributed by atoms with Crippen molar-refractivity contribution in [2.45, 2.75) is 37.1 Å². The minimum atomic E-state index is -0.465. The zero-order valence-corrected chi connectivity index (χ0v) is 14.0. The van der Waals surface area contributed by atoms with Gasteiger partial charge in [-0.25, -0.2) is 4.39 Å². The Labute approximate surface area is 141 Å². The second kappa shape index (κ2) is 6.89. The molecule has 6 heteroatoms. The van der Waals surface area contributed by atoms with Crippen molar-refractivity contribution < 1.29 is 14.0 Å². The number of hydrogen-bond donors (Lipinski definition) is 2. The van der Waals surface area contributed by atoms with Gasteiger partial charge in [0.25, 0.3) is 0 Å². The summed E-state index contributed by atoms with van der Waals surface area (Å²) in [6.45, 7) is 2.03. The summed E-state index contributed by atoms with van der Waals surface area (Å²) in [6.07, 6.45) is 3.34. The van der Waals surface area contributed by atoms with E-state index >= 15 is 0 Å². The third-order valence-corrected chi connectivity index (χ3v) is 5.15. The van der Waals surface area contributed by atoms with Gasteiger partial charge in [0, 0.05) is 26.2 Å². The molecule has 130 valence electrons. The summed E-state index contributed by atoms with van der Waals surface area (Å²) in [5.74, 6) is -0.206. The van der Waals surface area contributed by atoms with Crippen LogP contribution in [-0.4, -0.2) is 49.4 Å². The molecule has 1 aromatic carbocycles. The largest absolute Gasteiger partial charge is 0.358 e. The molecule has 1 saturated carbocycles. The molecule has 24 heavy (non-hydrogen) atoms. The molecule has 1 saturated heterocycles. The first-order valence-corrected chi connectivity index (χ1v) is 8.53. The molecular formula is C18H24FN3O2. The van der Waals surface area contributed by atoms with Crippen molar-refractivity contribution in [1.82, 2.24) is 15.5 Å². The van der Waals surface area contributed by atoms with Gasteiger partial charge in [-0.15, -0.1) is 0 Å². The van der Waals surface area contributed by atoms with Crippen molar-refractivity contribution >= 4 is 11.8 Å². The average Bonchev–Trinajstić information content (AvgIpc) is 3.39. The molecule has 1 aliphatic carbocycles. The Hall–Kier alpha value is -1.95. The molecule has 5 nitrogen and oxygen atoms in total. The Balaban J connectivity index is 1.53. The van der Waals surface area contributed by atoms with Crippen LogP contribution in [0.1, 0.15) is 31.2 Å². The molecule has 0 unspecified atom stereocenters. The molecule has 2 N–H and O–H groups in total. The number of likely N-dealkylation sites (N-methyl/N-ethyl adjacent to an activating group) is 1. The highest BCUT2D eigenvalue weighted by atomic mass is 19.1. The van der Waals surface area contributed by atoms with Crippen LogP contribution in [-0.2, 0) is 15.0 Å². The Bertz CT molecular complexity index is 605. The number of nitrogens with one attached hydrogen (secondary N) is 2. The van der Waals surface area contributed by atoms with E-state index in [0.717, 1.165) is 44.3 Å². The highest BCUT2D eigenvalue weighted by Gasteiger charge is 2.51. The van der Waals surface area contributed by atoms with E-state index < -0.39 is 5.41 Å². The zero-order chi connectivity index (χ0) is 17.2. The van der Waals surface area contributed by atoms with E-state index in [2.05, 4.69) is 15.5 Å². The highest BCUT2D eigenvalue weighted by molar-refractivity contribution is 5.91. The Morgan fingerprint density at radius 2 is 1.83 bits per heavy atom. The molecule has 0 atom stereocenters. The number of likely N-dealkylation sites (tertiary alicyclic amines) is 1. The Kier molecular flexibility index (Phi) is 4.85. The average molecular weight is 333 g/mol. The van der Waals surface area contributed by atoms with Gasteiger partial charge in [0.1, 0.15) is 5.82 Å². The first-order valence-electron chi connectivity index (χ1n) is 8.53. The standard InChI is InChI=1S/C18H24FN3O2/c1-20-16(23)12-22-10-6-15(7-11-22)21-17(24)18(8-9-18)13-2-4-14(19)5-3-13/h2-5,15H,6-12H2,1H3,(H,20,23)(H,21,24). The topological polar surface area (TPSA) is 61.4 Å². The number of benzene rings is 1. The van der Waals surface area contributed by atoms with Gasteiger partial charge >= 0.3 is 0 Å². The third kappa shape index (κ3) is 3.59. The minimum absolute atomic E-state index is 0.0192. The van der Waals surface area contributed by atoms with Crippen molar-refractivity contribution in [1.29, 1.82) is 0 Å². The number of carbonyl (C=O) groups is 2. The van der Waals surface area contributed by atoms with E-state index in [1.807, 2.05) is 0 Å². The van der Waals surface area contributed by atoms with E-state index in [1.54, 1.807) is 19.2 Å². The van der Waals surface area contributed by atoms with E-state index in [0.29, 0.717) is 6.54 Å².